The first kappa shape index (κ1) is 11.5. The second-order valence-electron chi connectivity index (χ2n) is 3.78. The van der Waals surface area contributed by atoms with Crippen LogP contribution in [0.3, 0.4) is 0 Å². The Morgan fingerprint density at radius 3 is 2.82 bits per heavy atom. The van der Waals surface area contributed by atoms with Gasteiger partial charge in [0.05, 0.1) is 6.20 Å². The lowest BCUT2D eigenvalue weighted by Gasteiger charge is -2.09. The number of aromatic nitrogens is 1. The van der Waals surface area contributed by atoms with Gasteiger partial charge in [0.1, 0.15) is 11.6 Å². The summed E-state index contributed by atoms with van der Waals surface area (Å²) in [6, 6.07) is 6.22. The maximum absolute atomic E-state index is 13.3. The summed E-state index contributed by atoms with van der Waals surface area (Å²) < 4.78 is 26.1. The summed E-state index contributed by atoms with van der Waals surface area (Å²) in [6.07, 6.45) is 2.72. The van der Waals surface area contributed by atoms with E-state index in [2.05, 4.69) is 10.3 Å². The van der Waals surface area contributed by atoms with Crippen molar-refractivity contribution >= 4 is 5.69 Å². The highest BCUT2D eigenvalue weighted by Crippen LogP contribution is 2.18. The summed E-state index contributed by atoms with van der Waals surface area (Å²) in [5.74, 6) is -0.632. The van der Waals surface area contributed by atoms with Gasteiger partial charge in [-0.1, -0.05) is 6.07 Å². The SMILES string of the molecule is Cc1c(F)cccc1NCc1cncc(F)c1. The molecule has 0 aliphatic rings. The standard InChI is InChI=1S/C13H12F2N2/c1-9-12(15)3-2-4-13(9)17-7-10-5-11(14)8-16-6-10/h2-6,8,17H,7H2,1H3. The van der Waals surface area contributed by atoms with Crippen molar-refractivity contribution in [3.05, 3.63) is 59.4 Å². The van der Waals surface area contributed by atoms with E-state index in [1.54, 1.807) is 25.3 Å². The highest BCUT2D eigenvalue weighted by Gasteiger charge is 2.03. The van der Waals surface area contributed by atoms with E-state index in [9.17, 15) is 8.78 Å². The Hall–Kier alpha value is -1.97. The number of nitrogens with zero attached hydrogens (tertiary/aromatic N) is 1. The van der Waals surface area contributed by atoms with E-state index in [4.69, 9.17) is 0 Å². The summed E-state index contributed by atoms with van der Waals surface area (Å²) in [5, 5.41) is 3.05. The third-order valence-electron chi connectivity index (χ3n) is 2.51. The molecule has 1 N–H and O–H groups in total. The average Bonchev–Trinajstić information content (AvgIpc) is 2.31. The number of rotatable bonds is 3. The highest BCUT2D eigenvalue weighted by atomic mass is 19.1. The van der Waals surface area contributed by atoms with Crippen LogP contribution < -0.4 is 5.32 Å². The number of anilines is 1. The highest BCUT2D eigenvalue weighted by molar-refractivity contribution is 5.51. The van der Waals surface area contributed by atoms with Gasteiger partial charge in [0, 0.05) is 24.0 Å². The first-order chi connectivity index (χ1) is 8.16. The second kappa shape index (κ2) is 4.91. The third-order valence-corrected chi connectivity index (χ3v) is 2.51. The molecule has 0 radical (unpaired) electrons. The normalized spacial score (nSPS) is 10.3. The van der Waals surface area contributed by atoms with Crippen molar-refractivity contribution in [1.82, 2.24) is 4.98 Å². The van der Waals surface area contributed by atoms with Crippen molar-refractivity contribution in [2.75, 3.05) is 5.32 Å². The molecule has 0 atom stereocenters. The fourth-order valence-corrected chi connectivity index (χ4v) is 1.55. The Bertz CT molecular complexity index is 527. The molecule has 4 heteroatoms. The van der Waals surface area contributed by atoms with Gasteiger partial charge in [-0.15, -0.1) is 0 Å². The minimum atomic E-state index is -0.375. The van der Waals surface area contributed by atoms with Gasteiger partial charge in [-0.05, 0) is 30.7 Å². The summed E-state index contributed by atoms with van der Waals surface area (Å²) in [7, 11) is 0. The maximum Gasteiger partial charge on any atom is 0.141 e. The van der Waals surface area contributed by atoms with Crippen LogP contribution in [0.25, 0.3) is 0 Å². The van der Waals surface area contributed by atoms with Crippen LogP contribution in [-0.4, -0.2) is 4.98 Å². The lowest BCUT2D eigenvalue weighted by molar-refractivity contribution is 0.617. The van der Waals surface area contributed by atoms with Crippen LogP contribution in [0.15, 0.2) is 36.7 Å². The van der Waals surface area contributed by atoms with Crippen LogP contribution in [0.4, 0.5) is 14.5 Å². The lowest BCUT2D eigenvalue weighted by atomic mass is 10.2. The molecule has 2 nitrogen and oxygen atoms in total. The van der Waals surface area contributed by atoms with E-state index in [-0.39, 0.29) is 11.6 Å². The predicted octanol–water partition coefficient (Wildman–Crippen LogP) is 3.28. The van der Waals surface area contributed by atoms with E-state index < -0.39 is 0 Å². The van der Waals surface area contributed by atoms with Crippen molar-refractivity contribution in [1.29, 1.82) is 0 Å². The smallest absolute Gasteiger partial charge is 0.141 e. The van der Waals surface area contributed by atoms with Crippen LogP contribution in [0.5, 0.6) is 0 Å². The minimum absolute atomic E-state index is 0.257. The molecule has 1 heterocycles. The van der Waals surface area contributed by atoms with Gasteiger partial charge in [0.2, 0.25) is 0 Å². The maximum atomic E-state index is 13.3. The molecule has 0 saturated carbocycles. The van der Waals surface area contributed by atoms with Crippen LogP contribution in [-0.2, 0) is 6.54 Å². The zero-order valence-electron chi connectivity index (χ0n) is 9.37. The molecule has 0 amide bonds. The van der Waals surface area contributed by atoms with Crippen LogP contribution in [0.1, 0.15) is 11.1 Å². The minimum Gasteiger partial charge on any atom is -0.381 e. The number of halogens is 2. The molecule has 0 saturated heterocycles. The zero-order valence-corrected chi connectivity index (χ0v) is 9.37. The molecule has 1 aromatic heterocycles. The van der Waals surface area contributed by atoms with E-state index in [1.807, 2.05) is 0 Å². The van der Waals surface area contributed by atoms with Crippen LogP contribution >= 0.6 is 0 Å². The van der Waals surface area contributed by atoms with Gasteiger partial charge in [-0.2, -0.15) is 0 Å². The summed E-state index contributed by atoms with van der Waals surface area (Å²) in [6.45, 7) is 2.11. The molecule has 2 aromatic rings. The van der Waals surface area contributed by atoms with Gasteiger partial charge in [-0.25, -0.2) is 8.78 Å². The molecular weight excluding hydrogens is 222 g/mol. The van der Waals surface area contributed by atoms with E-state index >= 15 is 0 Å². The Labute approximate surface area is 98.3 Å². The van der Waals surface area contributed by atoms with Gasteiger partial charge >= 0.3 is 0 Å². The molecule has 0 aliphatic carbocycles. The summed E-state index contributed by atoms with van der Waals surface area (Å²) in [4.78, 5) is 3.75. The second-order valence-corrected chi connectivity index (χ2v) is 3.78. The van der Waals surface area contributed by atoms with Gasteiger partial charge in [0.25, 0.3) is 0 Å². The molecule has 0 aliphatic heterocycles. The quantitative estimate of drug-likeness (QED) is 0.881. The van der Waals surface area contributed by atoms with Gasteiger partial charge < -0.3 is 5.32 Å². The molecule has 88 valence electrons. The molecule has 0 fully saturated rings. The number of nitrogens with one attached hydrogen (secondary N) is 1. The topological polar surface area (TPSA) is 24.9 Å². The first-order valence-electron chi connectivity index (χ1n) is 5.25. The fraction of sp³-hybridized carbons (Fsp3) is 0.154. The molecule has 0 unspecified atom stereocenters. The Morgan fingerprint density at radius 2 is 2.06 bits per heavy atom. The predicted molar refractivity (Wildman–Crippen MR) is 62.7 cm³/mol. The zero-order chi connectivity index (χ0) is 12.3. The van der Waals surface area contributed by atoms with Gasteiger partial charge in [-0.3, -0.25) is 4.98 Å². The monoisotopic (exact) mass is 234 g/mol. The van der Waals surface area contributed by atoms with Crippen LogP contribution in [0.2, 0.25) is 0 Å². The Morgan fingerprint density at radius 1 is 1.24 bits per heavy atom. The van der Waals surface area contributed by atoms with Crippen molar-refractivity contribution < 1.29 is 8.78 Å². The van der Waals surface area contributed by atoms with Crippen molar-refractivity contribution in [3.63, 3.8) is 0 Å². The summed E-state index contributed by atoms with van der Waals surface area (Å²) >= 11 is 0. The summed E-state index contributed by atoms with van der Waals surface area (Å²) in [5.41, 5.74) is 1.97. The number of benzene rings is 1. The molecule has 1 aromatic carbocycles. The van der Waals surface area contributed by atoms with Crippen LogP contribution in [0, 0.1) is 18.6 Å². The van der Waals surface area contributed by atoms with Crippen molar-refractivity contribution in [2.24, 2.45) is 0 Å². The lowest BCUT2D eigenvalue weighted by Crippen LogP contribution is -2.02. The molecule has 17 heavy (non-hydrogen) atoms. The van der Waals surface area contributed by atoms with E-state index in [1.165, 1.54) is 12.1 Å². The average molecular weight is 234 g/mol. The molecular formula is C13H12F2N2. The number of hydrogen-bond acceptors (Lipinski definition) is 2. The first-order valence-corrected chi connectivity index (χ1v) is 5.25. The fourth-order valence-electron chi connectivity index (χ4n) is 1.55. The van der Waals surface area contributed by atoms with E-state index in [0.717, 1.165) is 6.20 Å². The third kappa shape index (κ3) is 2.78. The van der Waals surface area contributed by atoms with Crippen molar-refractivity contribution in [3.8, 4) is 0 Å². The number of pyridine rings is 1. The van der Waals surface area contributed by atoms with E-state index in [0.29, 0.717) is 23.4 Å². The molecule has 2 rings (SSSR count). The number of hydrogen-bond donors (Lipinski definition) is 1. The largest absolute Gasteiger partial charge is 0.381 e. The Kier molecular flexibility index (Phi) is 3.32. The van der Waals surface area contributed by atoms with Gasteiger partial charge in [0.15, 0.2) is 0 Å². The van der Waals surface area contributed by atoms with Crippen molar-refractivity contribution in [2.45, 2.75) is 13.5 Å². The molecule has 0 bridgehead atoms. The molecule has 0 spiro atoms. The Balaban J connectivity index is 2.10.